The molecule has 3 aromatic rings. The topological polar surface area (TPSA) is 101 Å². The van der Waals surface area contributed by atoms with Crippen LogP contribution in [0, 0.1) is 5.82 Å². The number of hydrogen-bond acceptors (Lipinski definition) is 6. The molecule has 2 aromatic heterocycles. The highest BCUT2D eigenvalue weighted by molar-refractivity contribution is 7.90. The Morgan fingerprint density at radius 2 is 1.75 bits per heavy atom. The first-order valence-electron chi connectivity index (χ1n) is 8.92. The van der Waals surface area contributed by atoms with Crippen molar-refractivity contribution in [3.63, 3.8) is 0 Å². The van der Waals surface area contributed by atoms with E-state index in [1.807, 2.05) is 0 Å². The van der Waals surface area contributed by atoms with E-state index in [4.69, 9.17) is 0 Å². The average Bonchev–Trinajstić information content (AvgIpc) is 2.68. The van der Waals surface area contributed by atoms with Crippen LogP contribution < -0.4 is 10.6 Å². The van der Waals surface area contributed by atoms with Gasteiger partial charge in [0.05, 0.1) is 28.0 Å². The van der Waals surface area contributed by atoms with Gasteiger partial charge in [0.2, 0.25) is 5.91 Å². The summed E-state index contributed by atoms with van der Waals surface area (Å²) in [5, 5.41) is 4.98. The Morgan fingerprint density at radius 3 is 2.31 bits per heavy atom. The van der Waals surface area contributed by atoms with Gasteiger partial charge in [-0.25, -0.2) is 17.8 Å². The fraction of sp³-hybridized carbons (Fsp3) is 0.150. The van der Waals surface area contributed by atoms with Crippen LogP contribution in [0.3, 0.4) is 0 Å². The summed E-state index contributed by atoms with van der Waals surface area (Å²) in [7, 11) is -3.96. The van der Waals surface area contributed by atoms with Crippen molar-refractivity contribution in [2.45, 2.75) is 18.0 Å². The number of hydrogen-bond donors (Lipinski definition) is 2. The van der Waals surface area contributed by atoms with Crippen LogP contribution in [0.5, 0.6) is 0 Å². The molecule has 0 saturated carbocycles. The van der Waals surface area contributed by atoms with E-state index in [-0.39, 0.29) is 23.0 Å². The van der Waals surface area contributed by atoms with Gasteiger partial charge in [0, 0.05) is 30.6 Å². The second-order valence-electron chi connectivity index (χ2n) is 6.80. The maximum atomic E-state index is 14.3. The highest BCUT2D eigenvalue weighted by Crippen LogP contribution is 2.34. The lowest BCUT2D eigenvalue weighted by Crippen LogP contribution is -2.09. The molecule has 0 aliphatic rings. The molecule has 7 nitrogen and oxygen atoms in total. The van der Waals surface area contributed by atoms with Crippen LogP contribution >= 0.6 is 0 Å². The molecule has 0 atom stereocenters. The number of aromatic nitrogens is 2. The van der Waals surface area contributed by atoms with Crippen molar-refractivity contribution in [1.82, 2.24) is 9.97 Å². The summed E-state index contributed by atoms with van der Waals surface area (Å²) in [4.78, 5) is 18.5. The number of halogens is 4. The van der Waals surface area contributed by atoms with E-state index >= 15 is 0 Å². The van der Waals surface area contributed by atoms with Gasteiger partial charge in [-0.05, 0) is 36.4 Å². The van der Waals surface area contributed by atoms with Crippen molar-refractivity contribution in [3.05, 3.63) is 60.2 Å². The molecule has 0 aliphatic heterocycles. The third kappa shape index (κ3) is 5.58. The number of sulfone groups is 1. The quantitative estimate of drug-likeness (QED) is 0.538. The molecule has 2 N–H and O–H groups in total. The normalized spacial score (nSPS) is 11.8. The molecule has 0 saturated heterocycles. The van der Waals surface area contributed by atoms with Gasteiger partial charge in [-0.15, -0.1) is 0 Å². The van der Waals surface area contributed by atoms with E-state index in [2.05, 4.69) is 20.6 Å². The first kappa shape index (κ1) is 23.1. The van der Waals surface area contributed by atoms with Crippen LogP contribution in [-0.4, -0.2) is 30.5 Å². The minimum atomic E-state index is -4.81. The van der Waals surface area contributed by atoms with E-state index < -0.39 is 32.3 Å². The van der Waals surface area contributed by atoms with E-state index in [0.29, 0.717) is 23.5 Å². The lowest BCUT2D eigenvalue weighted by Gasteiger charge is -2.14. The first-order valence-corrected chi connectivity index (χ1v) is 10.8. The average molecular weight is 468 g/mol. The van der Waals surface area contributed by atoms with Crippen LogP contribution in [-0.2, 0) is 20.8 Å². The zero-order valence-corrected chi connectivity index (χ0v) is 17.5. The van der Waals surface area contributed by atoms with Crippen LogP contribution in [0.2, 0.25) is 0 Å². The minimum Gasteiger partial charge on any atom is -0.353 e. The number of amides is 1. The zero-order chi connectivity index (χ0) is 23.7. The Hall–Kier alpha value is -3.54. The van der Waals surface area contributed by atoms with Crippen LogP contribution in [0.1, 0.15) is 12.5 Å². The van der Waals surface area contributed by atoms with Gasteiger partial charge in [0.15, 0.2) is 15.7 Å². The van der Waals surface area contributed by atoms with Crippen molar-refractivity contribution in [2.24, 2.45) is 0 Å². The summed E-state index contributed by atoms with van der Waals surface area (Å²) < 4.78 is 77.6. The van der Waals surface area contributed by atoms with Crippen molar-refractivity contribution in [3.8, 4) is 11.3 Å². The molecule has 1 aromatic carbocycles. The van der Waals surface area contributed by atoms with E-state index in [9.17, 15) is 30.8 Å². The fourth-order valence-corrected chi connectivity index (χ4v) is 3.38. The minimum absolute atomic E-state index is 0.222. The van der Waals surface area contributed by atoms with Gasteiger partial charge in [-0.2, -0.15) is 13.2 Å². The molecule has 1 amide bonds. The smallest absolute Gasteiger partial charge is 0.353 e. The highest BCUT2D eigenvalue weighted by atomic mass is 32.2. The first-order chi connectivity index (χ1) is 14.8. The molecule has 32 heavy (non-hydrogen) atoms. The number of nitrogens with one attached hydrogen (secondary N) is 2. The standard InChI is InChI=1S/C20H16F4N4O3S/c1-11(29)27-19-4-3-12(9-26-19)17-8-18(16(21)10-25-17)28-14-5-13(20(22,23)24)6-15(7-14)32(2,30)31/h3-10H,1-2H3,(H,25,28)(H,26,27,29). The summed E-state index contributed by atoms with van der Waals surface area (Å²) >= 11 is 0. The molecule has 0 radical (unpaired) electrons. The molecular weight excluding hydrogens is 452 g/mol. The molecule has 0 bridgehead atoms. The van der Waals surface area contributed by atoms with Gasteiger partial charge in [-0.1, -0.05) is 0 Å². The number of carbonyl (C=O) groups excluding carboxylic acids is 1. The molecule has 0 fully saturated rings. The molecule has 0 spiro atoms. The summed E-state index contributed by atoms with van der Waals surface area (Å²) in [6.07, 6.45) is -1.79. The summed E-state index contributed by atoms with van der Waals surface area (Å²) in [6, 6.07) is 6.47. The number of alkyl halides is 3. The van der Waals surface area contributed by atoms with Crippen LogP contribution in [0.25, 0.3) is 11.3 Å². The molecule has 0 aliphatic carbocycles. The SMILES string of the molecule is CC(=O)Nc1ccc(-c2cc(Nc3cc(C(F)(F)F)cc(S(C)(=O)=O)c3)c(F)cn2)cn1. The Kier molecular flexibility index (Phi) is 6.17. The third-order valence-electron chi connectivity index (χ3n) is 4.16. The molecule has 168 valence electrons. The Morgan fingerprint density at radius 1 is 1.03 bits per heavy atom. The highest BCUT2D eigenvalue weighted by Gasteiger charge is 2.32. The molecule has 12 heteroatoms. The Balaban J connectivity index is 1.99. The molecule has 2 heterocycles. The largest absolute Gasteiger partial charge is 0.416 e. The second kappa shape index (κ2) is 8.54. The predicted octanol–water partition coefficient (Wildman–Crippen LogP) is 4.41. The monoisotopic (exact) mass is 468 g/mol. The fourth-order valence-electron chi connectivity index (χ4n) is 2.70. The number of carbonyl (C=O) groups is 1. The maximum Gasteiger partial charge on any atom is 0.416 e. The van der Waals surface area contributed by atoms with Crippen molar-refractivity contribution in [2.75, 3.05) is 16.9 Å². The van der Waals surface area contributed by atoms with Gasteiger partial charge < -0.3 is 10.6 Å². The summed E-state index contributed by atoms with van der Waals surface area (Å²) in [5.41, 5.74) is -1.00. The summed E-state index contributed by atoms with van der Waals surface area (Å²) in [6.45, 7) is 1.32. The van der Waals surface area contributed by atoms with Crippen molar-refractivity contribution in [1.29, 1.82) is 0 Å². The van der Waals surface area contributed by atoms with Gasteiger partial charge >= 0.3 is 6.18 Å². The van der Waals surface area contributed by atoms with E-state index in [0.717, 1.165) is 18.5 Å². The van der Waals surface area contributed by atoms with Crippen molar-refractivity contribution >= 4 is 32.9 Å². The molecule has 3 rings (SSSR count). The number of nitrogens with zero attached hydrogens (tertiary/aromatic N) is 2. The van der Waals surface area contributed by atoms with Crippen molar-refractivity contribution < 1.29 is 30.8 Å². The predicted molar refractivity (Wildman–Crippen MR) is 110 cm³/mol. The molecule has 0 unspecified atom stereocenters. The van der Waals surface area contributed by atoms with E-state index in [1.54, 1.807) is 6.07 Å². The van der Waals surface area contributed by atoms with Gasteiger partial charge in [-0.3, -0.25) is 9.78 Å². The second-order valence-corrected chi connectivity index (χ2v) is 8.82. The third-order valence-corrected chi connectivity index (χ3v) is 5.25. The Labute approximate surface area is 180 Å². The van der Waals surface area contributed by atoms with Gasteiger partial charge in [0.25, 0.3) is 0 Å². The van der Waals surface area contributed by atoms with Crippen LogP contribution in [0.15, 0.2) is 53.7 Å². The number of pyridine rings is 2. The molecular formula is C20H16F4N4O3S. The lowest BCUT2D eigenvalue weighted by molar-refractivity contribution is -0.137. The van der Waals surface area contributed by atoms with Gasteiger partial charge in [0.1, 0.15) is 5.82 Å². The van der Waals surface area contributed by atoms with E-state index in [1.165, 1.54) is 25.3 Å². The van der Waals surface area contributed by atoms with Crippen LogP contribution in [0.4, 0.5) is 34.8 Å². The Bertz CT molecular complexity index is 1280. The maximum absolute atomic E-state index is 14.3. The number of benzene rings is 1. The number of rotatable bonds is 5. The zero-order valence-electron chi connectivity index (χ0n) is 16.7. The lowest BCUT2D eigenvalue weighted by atomic mass is 10.1. The summed E-state index contributed by atoms with van der Waals surface area (Å²) in [5.74, 6) is -0.889. The number of anilines is 3.